The van der Waals surface area contributed by atoms with Crippen molar-refractivity contribution in [3.8, 4) is 16.9 Å². The van der Waals surface area contributed by atoms with Crippen LogP contribution in [0.1, 0.15) is 47.1 Å². The molecule has 1 aliphatic heterocycles. The fraction of sp³-hybridized carbons (Fsp3) is 0.333. The monoisotopic (exact) mass is 415 g/mol. The fourth-order valence-corrected chi connectivity index (χ4v) is 4.54. The maximum atomic E-state index is 14.5. The van der Waals surface area contributed by atoms with E-state index < -0.39 is 0 Å². The molecule has 0 unspecified atom stereocenters. The SMILES string of the molecule is Cc1nc(C2CC2)ccc1-c1cnc(CCc2c(F)ccc3c2CCO3)n2cnnc12. The quantitative estimate of drug-likeness (QED) is 0.488. The molecule has 156 valence electrons. The smallest absolute Gasteiger partial charge is 0.171 e. The predicted octanol–water partition coefficient (Wildman–Crippen LogP) is 4.23. The summed E-state index contributed by atoms with van der Waals surface area (Å²) in [5.74, 6) is 2.04. The van der Waals surface area contributed by atoms with Crippen LogP contribution in [0.4, 0.5) is 4.39 Å². The molecule has 2 aliphatic rings. The summed E-state index contributed by atoms with van der Waals surface area (Å²) >= 11 is 0. The first kappa shape index (κ1) is 18.4. The standard InChI is InChI=1S/C24H22FN5O/c1-14-16(4-7-21(28-14)15-2-3-15)19-12-26-23(30-13-27-29-24(19)30)9-5-17-18-10-11-31-22(18)8-6-20(17)25/h4,6-8,12-13,15H,2-3,5,9-11H2,1H3. The number of benzene rings is 1. The van der Waals surface area contributed by atoms with Crippen LogP contribution in [-0.2, 0) is 19.3 Å². The van der Waals surface area contributed by atoms with Crippen molar-refractivity contribution < 1.29 is 9.13 Å². The summed E-state index contributed by atoms with van der Waals surface area (Å²) in [5.41, 5.74) is 6.53. The number of halogens is 1. The van der Waals surface area contributed by atoms with Gasteiger partial charge in [0.1, 0.15) is 23.7 Å². The van der Waals surface area contributed by atoms with E-state index in [0.717, 1.165) is 51.6 Å². The van der Waals surface area contributed by atoms with Gasteiger partial charge in [-0.2, -0.15) is 0 Å². The van der Waals surface area contributed by atoms with Gasteiger partial charge in [-0.25, -0.2) is 9.37 Å². The van der Waals surface area contributed by atoms with Crippen molar-refractivity contribution in [1.29, 1.82) is 0 Å². The van der Waals surface area contributed by atoms with Gasteiger partial charge in [0.15, 0.2) is 5.65 Å². The third-order valence-corrected chi connectivity index (χ3v) is 6.34. The Bertz CT molecular complexity index is 1310. The lowest BCUT2D eigenvalue weighted by molar-refractivity contribution is 0.356. The highest BCUT2D eigenvalue weighted by Crippen LogP contribution is 2.40. The van der Waals surface area contributed by atoms with Crippen LogP contribution in [0, 0.1) is 12.7 Å². The molecule has 0 bridgehead atoms. The summed E-state index contributed by atoms with van der Waals surface area (Å²) in [6.45, 7) is 2.64. The first-order valence-electron chi connectivity index (χ1n) is 10.8. The highest BCUT2D eigenvalue weighted by atomic mass is 19.1. The molecule has 3 aromatic heterocycles. The van der Waals surface area contributed by atoms with E-state index in [1.807, 2.05) is 17.5 Å². The van der Waals surface area contributed by atoms with E-state index in [4.69, 9.17) is 14.7 Å². The van der Waals surface area contributed by atoms with E-state index in [2.05, 4.69) is 22.3 Å². The normalized spacial score (nSPS) is 15.3. The average molecular weight is 415 g/mol. The van der Waals surface area contributed by atoms with Crippen molar-refractivity contribution in [2.45, 2.75) is 44.9 Å². The lowest BCUT2D eigenvalue weighted by Gasteiger charge is -2.12. The number of aryl methyl sites for hydroxylation is 2. The molecule has 0 spiro atoms. The first-order valence-corrected chi connectivity index (χ1v) is 10.8. The molecule has 4 heterocycles. The van der Waals surface area contributed by atoms with Crippen LogP contribution in [0.2, 0.25) is 0 Å². The van der Waals surface area contributed by atoms with Crippen LogP contribution in [0.3, 0.4) is 0 Å². The highest BCUT2D eigenvalue weighted by molar-refractivity contribution is 5.78. The van der Waals surface area contributed by atoms with Gasteiger partial charge in [0.25, 0.3) is 0 Å². The molecule has 6 rings (SSSR count). The minimum absolute atomic E-state index is 0.182. The van der Waals surface area contributed by atoms with Crippen LogP contribution in [-0.4, -0.2) is 31.2 Å². The number of nitrogens with zero attached hydrogens (tertiary/aromatic N) is 5. The van der Waals surface area contributed by atoms with E-state index in [-0.39, 0.29) is 5.82 Å². The molecule has 0 amide bonds. The number of aromatic nitrogens is 5. The van der Waals surface area contributed by atoms with Gasteiger partial charge in [-0.15, -0.1) is 10.2 Å². The number of hydrogen-bond acceptors (Lipinski definition) is 5. The molecule has 4 aromatic rings. The molecular formula is C24H22FN5O. The molecule has 0 radical (unpaired) electrons. The summed E-state index contributed by atoms with van der Waals surface area (Å²) in [6, 6.07) is 7.44. The lowest BCUT2D eigenvalue weighted by atomic mass is 10.00. The van der Waals surface area contributed by atoms with Crippen molar-refractivity contribution in [3.05, 3.63) is 70.9 Å². The third-order valence-electron chi connectivity index (χ3n) is 6.34. The van der Waals surface area contributed by atoms with Crippen molar-refractivity contribution >= 4 is 5.65 Å². The van der Waals surface area contributed by atoms with Crippen LogP contribution in [0.15, 0.2) is 36.8 Å². The van der Waals surface area contributed by atoms with E-state index in [1.54, 1.807) is 12.4 Å². The number of pyridine rings is 1. The second-order valence-corrected chi connectivity index (χ2v) is 8.36. The zero-order valence-electron chi connectivity index (χ0n) is 17.3. The third kappa shape index (κ3) is 3.15. The number of rotatable bonds is 5. The Labute approximate surface area is 179 Å². The van der Waals surface area contributed by atoms with Gasteiger partial charge in [-0.3, -0.25) is 9.38 Å². The minimum Gasteiger partial charge on any atom is -0.493 e. The van der Waals surface area contributed by atoms with E-state index in [9.17, 15) is 4.39 Å². The van der Waals surface area contributed by atoms with Gasteiger partial charge >= 0.3 is 0 Å². The predicted molar refractivity (Wildman–Crippen MR) is 114 cm³/mol. The summed E-state index contributed by atoms with van der Waals surface area (Å²) in [5, 5.41) is 8.47. The van der Waals surface area contributed by atoms with Crippen LogP contribution >= 0.6 is 0 Å². The van der Waals surface area contributed by atoms with Gasteiger partial charge in [0.05, 0.1) is 6.61 Å². The molecular weight excluding hydrogens is 393 g/mol. The topological polar surface area (TPSA) is 65.2 Å². The summed E-state index contributed by atoms with van der Waals surface area (Å²) < 4.78 is 22.0. The number of hydrogen-bond donors (Lipinski definition) is 0. The van der Waals surface area contributed by atoms with E-state index >= 15 is 0 Å². The molecule has 0 atom stereocenters. The van der Waals surface area contributed by atoms with Crippen LogP contribution in [0.25, 0.3) is 16.8 Å². The molecule has 1 aliphatic carbocycles. The van der Waals surface area contributed by atoms with Gasteiger partial charge in [-0.05, 0) is 49.9 Å². The zero-order chi connectivity index (χ0) is 20.9. The van der Waals surface area contributed by atoms with Gasteiger partial charge in [0, 0.05) is 53.0 Å². The van der Waals surface area contributed by atoms with Crippen LogP contribution < -0.4 is 4.74 Å². The van der Waals surface area contributed by atoms with Gasteiger partial charge < -0.3 is 4.74 Å². The fourth-order valence-electron chi connectivity index (χ4n) is 4.54. The highest BCUT2D eigenvalue weighted by Gasteiger charge is 2.26. The number of fused-ring (bicyclic) bond motifs is 2. The molecule has 6 nitrogen and oxygen atoms in total. The Morgan fingerprint density at radius 2 is 2.03 bits per heavy atom. The number of ether oxygens (including phenoxy) is 1. The molecule has 7 heteroatoms. The lowest BCUT2D eigenvalue weighted by Crippen LogP contribution is -2.06. The molecule has 0 saturated heterocycles. The largest absolute Gasteiger partial charge is 0.493 e. The second-order valence-electron chi connectivity index (χ2n) is 8.36. The minimum atomic E-state index is -0.182. The van der Waals surface area contributed by atoms with Crippen LogP contribution in [0.5, 0.6) is 5.75 Å². The second kappa shape index (κ2) is 7.11. The maximum Gasteiger partial charge on any atom is 0.171 e. The van der Waals surface area contributed by atoms with Crippen molar-refractivity contribution in [2.75, 3.05) is 6.61 Å². The Morgan fingerprint density at radius 1 is 1.13 bits per heavy atom. The molecule has 1 saturated carbocycles. The molecule has 1 fully saturated rings. The molecule has 31 heavy (non-hydrogen) atoms. The maximum absolute atomic E-state index is 14.5. The van der Waals surface area contributed by atoms with Crippen molar-refractivity contribution in [2.24, 2.45) is 0 Å². The summed E-state index contributed by atoms with van der Waals surface area (Å²) in [7, 11) is 0. The Morgan fingerprint density at radius 3 is 2.87 bits per heavy atom. The zero-order valence-corrected chi connectivity index (χ0v) is 17.3. The van der Waals surface area contributed by atoms with Crippen molar-refractivity contribution in [3.63, 3.8) is 0 Å². The van der Waals surface area contributed by atoms with Crippen molar-refractivity contribution in [1.82, 2.24) is 24.6 Å². The van der Waals surface area contributed by atoms with Gasteiger partial charge in [-0.1, -0.05) is 6.07 Å². The average Bonchev–Trinajstić information content (AvgIpc) is 3.30. The Kier molecular flexibility index (Phi) is 4.23. The molecule has 0 N–H and O–H groups in total. The van der Waals surface area contributed by atoms with Gasteiger partial charge in [0.2, 0.25) is 0 Å². The molecule has 1 aromatic carbocycles. The first-order chi connectivity index (χ1) is 15.2. The Balaban J connectivity index is 1.33. The van der Waals surface area contributed by atoms with E-state index in [0.29, 0.717) is 25.4 Å². The summed E-state index contributed by atoms with van der Waals surface area (Å²) in [6.07, 6.45) is 7.86. The van der Waals surface area contributed by atoms with E-state index in [1.165, 1.54) is 24.6 Å². The summed E-state index contributed by atoms with van der Waals surface area (Å²) in [4.78, 5) is 9.51. The Hall–Kier alpha value is -3.35.